The molecule has 20 heavy (non-hydrogen) atoms. The molecule has 5 heteroatoms. The highest BCUT2D eigenvalue weighted by atomic mass is 16.5. The molecule has 0 spiro atoms. The molecule has 1 aliphatic rings. The lowest BCUT2D eigenvalue weighted by molar-refractivity contribution is -0.121. The first-order valence-electron chi connectivity index (χ1n) is 7.03. The quantitative estimate of drug-likeness (QED) is 0.867. The lowest BCUT2D eigenvalue weighted by Crippen LogP contribution is -2.50. The van der Waals surface area contributed by atoms with E-state index in [-0.39, 0.29) is 18.1 Å². The summed E-state index contributed by atoms with van der Waals surface area (Å²) < 4.78 is 5.56. The van der Waals surface area contributed by atoms with Crippen LogP contribution in [0.15, 0.2) is 24.3 Å². The number of benzene rings is 1. The molecule has 0 saturated carbocycles. The van der Waals surface area contributed by atoms with Crippen LogP contribution in [0, 0.1) is 0 Å². The lowest BCUT2D eigenvalue weighted by atomic mass is 10.2. The van der Waals surface area contributed by atoms with Crippen LogP contribution in [0.25, 0.3) is 0 Å². The smallest absolute Gasteiger partial charge is 0.238 e. The highest BCUT2D eigenvalue weighted by molar-refractivity contribution is 5.92. The van der Waals surface area contributed by atoms with Crippen molar-refractivity contribution in [1.82, 2.24) is 4.90 Å². The van der Waals surface area contributed by atoms with Crippen LogP contribution in [-0.4, -0.2) is 42.6 Å². The van der Waals surface area contributed by atoms with E-state index in [4.69, 9.17) is 10.5 Å². The lowest BCUT2D eigenvalue weighted by Gasteiger charge is -2.36. The van der Waals surface area contributed by atoms with Crippen molar-refractivity contribution in [2.75, 3.05) is 25.0 Å². The minimum absolute atomic E-state index is 0.00597. The Labute approximate surface area is 120 Å². The van der Waals surface area contributed by atoms with E-state index >= 15 is 0 Å². The van der Waals surface area contributed by atoms with E-state index < -0.39 is 0 Å². The minimum Gasteiger partial charge on any atom is -0.376 e. The molecule has 110 valence electrons. The van der Waals surface area contributed by atoms with Crippen molar-refractivity contribution in [3.63, 3.8) is 0 Å². The molecule has 2 rings (SSSR count). The molecule has 0 bridgehead atoms. The molecule has 0 radical (unpaired) electrons. The van der Waals surface area contributed by atoms with Gasteiger partial charge in [0.25, 0.3) is 0 Å². The Morgan fingerprint density at radius 3 is 2.75 bits per heavy atom. The summed E-state index contributed by atoms with van der Waals surface area (Å²) in [6, 6.07) is 7.89. The molecule has 1 amide bonds. The first-order chi connectivity index (χ1) is 9.58. The van der Waals surface area contributed by atoms with Gasteiger partial charge in [-0.3, -0.25) is 9.69 Å². The third kappa shape index (κ3) is 4.03. The van der Waals surface area contributed by atoms with E-state index in [0.29, 0.717) is 19.7 Å². The Morgan fingerprint density at radius 1 is 1.40 bits per heavy atom. The van der Waals surface area contributed by atoms with Crippen LogP contribution < -0.4 is 11.1 Å². The maximum atomic E-state index is 12.1. The van der Waals surface area contributed by atoms with Crippen molar-refractivity contribution < 1.29 is 9.53 Å². The number of hydrogen-bond acceptors (Lipinski definition) is 4. The third-order valence-electron chi connectivity index (χ3n) is 3.56. The van der Waals surface area contributed by atoms with Gasteiger partial charge < -0.3 is 15.8 Å². The Hall–Kier alpha value is -1.43. The fraction of sp³-hybridized carbons (Fsp3) is 0.533. The normalized spacial score (nSPS) is 23.6. The zero-order valence-electron chi connectivity index (χ0n) is 12.1. The average molecular weight is 277 g/mol. The second-order valence-corrected chi connectivity index (χ2v) is 5.37. The number of nitrogens with two attached hydrogens (primary N) is 1. The predicted molar refractivity (Wildman–Crippen MR) is 79.4 cm³/mol. The Kier molecular flexibility index (Phi) is 5.11. The zero-order valence-corrected chi connectivity index (χ0v) is 12.1. The summed E-state index contributed by atoms with van der Waals surface area (Å²) in [6.45, 7) is 6.49. The topological polar surface area (TPSA) is 67.6 Å². The van der Waals surface area contributed by atoms with Gasteiger partial charge in [0, 0.05) is 24.8 Å². The summed E-state index contributed by atoms with van der Waals surface area (Å²) in [5, 5.41) is 2.91. The van der Waals surface area contributed by atoms with E-state index in [1.807, 2.05) is 31.2 Å². The molecule has 1 fully saturated rings. The first kappa shape index (κ1) is 15.0. The van der Waals surface area contributed by atoms with Gasteiger partial charge in [-0.2, -0.15) is 0 Å². The van der Waals surface area contributed by atoms with Gasteiger partial charge >= 0.3 is 0 Å². The number of rotatable bonds is 4. The molecule has 1 heterocycles. The second-order valence-electron chi connectivity index (χ2n) is 5.37. The summed E-state index contributed by atoms with van der Waals surface area (Å²) in [5.74, 6) is 0.00597. The molecule has 2 unspecified atom stereocenters. The molecule has 1 aromatic rings. The number of nitrogens with zero attached hydrogens (tertiary/aromatic N) is 1. The monoisotopic (exact) mass is 277 g/mol. The van der Waals surface area contributed by atoms with E-state index in [2.05, 4.69) is 17.1 Å². The molecule has 1 saturated heterocycles. The van der Waals surface area contributed by atoms with E-state index in [9.17, 15) is 4.79 Å². The molecule has 3 N–H and O–H groups in total. The van der Waals surface area contributed by atoms with Crippen LogP contribution >= 0.6 is 0 Å². The number of anilines is 1. The van der Waals surface area contributed by atoms with Crippen molar-refractivity contribution in [3.8, 4) is 0 Å². The molecular formula is C15H23N3O2. The van der Waals surface area contributed by atoms with Gasteiger partial charge in [-0.05, 0) is 31.5 Å². The van der Waals surface area contributed by atoms with Crippen LogP contribution in [0.1, 0.15) is 19.4 Å². The SMILES string of the molecule is CC1CN(CC(=O)Nc2ccc(CN)cc2)C(C)CO1. The Bertz CT molecular complexity index is 447. The van der Waals surface area contributed by atoms with Crippen LogP contribution in [0.4, 0.5) is 5.69 Å². The summed E-state index contributed by atoms with van der Waals surface area (Å²) in [4.78, 5) is 14.2. The van der Waals surface area contributed by atoms with E-state index in [1.165, 1.54) is 0 Å². The van der Waals surface area contributed by atoms with Gasteiger partial charge in [-0.15, -0.1) is 0 Å². The van der Waals surface area contributed by atoms with Gasteiger partial charge in [-0.25, -0.2) is 0 Å². The number of carbonyl (C=O) groups is 1. The molecule has 0 aromatic heterocycles. The van der Waals surface area contributed by atoms with Crippen molar-refractivity contribution >= 4 is 11.6 Å². The molecular weight excluding hydrogens is 254 g/mol. The van der Waals surface area contributed by atoms with Crippen LogP contribution in [0.5, 0.6) is 0 Å². The predicted octanol–water partition coefficient (Wildman–Crippen LogP) is 1.19. The zero-order chi connectivity index (χ0) is 14.5. The average Bonchev–Trinajstić information content (AvgIpc) is 2.43. The summed E-state index contributed by atoms with van der Waals surface area (Å²) in [7, 11) is 0. The van der Waals surface area contributed by atoms with Gasteiger partial charge in [0.2, 0.25) is 5.91 Å². The maximum absolute atomic E-state index is 12.1. The van der Waals surface area contributed by atoms with Crippen LogP contribution in [0.3, 0.4) is 0 Å². The maximum Gasteiger partial charge on any atom is 0.238 e. The second kappa shape index (κ2) is 6.83. The van der Waals surface area contributed by atoms with Crippen molar-refractivity contribution in [2.45, 2.75) is 32.5 Å². The van der Waals surface area contributed by atoms with Gasteiger partial charge in [0.1, 0.15) is 0 Å². The Balaban J connectivity index is 1.87. The number of amides is 1. The standard InChI is InChI=1S/C15H23N3O2/c1-11-10-20-12(2)8-18(11)9-15(19)17-14-5-3-13(7-16)4-6-14/h3-6,11-12H,7-10,16H2,1-2H3,(H,17,19). The summed E-state index contributed by atoms with van der Waals surface area (Å²) in [5.41, 5.74) is 7.41. The number of morpholine rings is 1. The fourth-order valence-corrected chi connectivity index (χ4v) is 2.30. The summed E-state index contributed by atoms with van der Waals surface area (Å²) >= 11 is 0. The molecule has 0 aliphatic carbocycles. The number of carbonyl (C=O) groups excluding carboxylic acids is 1. The third-order valence-corrected chi connectivity index (χ3v) is 3.56. The van der Waals surface area contributed by atoms with Crippen LogP contribution in [-0.2, 0) is 16.1 Å². The highest BCUT2D eigenvalue weighted by Gasteiger charge is 2.24. The largest absolute Gasteiger partial charge is 0.376 e. The molecule has 2 atom stereocenters. The van der Waals surface area contributed by atoms with Crippen LogP contribution in [0.2, 0.25) is 0 Å². The molecule has 1 aromatic carbocycles. The van der Waals surface area contributed by atoms with Gasteiger partial charge in [-0.1, -0.05) is 12.1 Å². The van der Waals surface area contributed by atoms with Gasteiger partial charge in [0.15, 0.2) is 0 Å². The number of nitrogens with one attached hydrogen (secondary N) is 1. The van der Waals surface area contributed by atoms with Crippen molar-refractivity contribution in [3.05, 3.63) is 29.8 Å². The highest BCUT2D eigenvalue weighted by Crippen LogP contribution is 2.12. The molecule has 5 nitrogen and oxygen atoms in total. The van der Waals surface area contributed by atoms with E-state index in [1.54, 1.807) is 0 Å². The fourth-order valence-electron chi connectivity index (χ4n) is 2.30. The number of ether oxygens (including phenoxy) is 1. The van der Waals surface area contributed by atoms with Crippen molar-refractivity contribution in [2.24, 2.45) is 5.73 Å². The molecule has 1 aliphatic heterocycles. The van der Waals surface area contributed by atoms with Crippen molar-refractivity contribution in [1.29, 1.82) is 0 Å². The Morgan fingerprint density at radius 2 is 2.10 bits per heavy atom. The first-order valence-corrected chi connectivity index (χ1v) is 7.03. The summed E-state index contributed by atoms with van der Waals surface area (Å²) in [6.07, 6.45) is 0.183. The van der Waals surface area contributed by atoms with Gasteiger partial charge in [0.05, 0.1) is 19.3 Å². The van der Waals surface area contributed by atoms with E-state index in [0.717, 1.165) is 17.8 Å². The minimum atomic E-state index is 0.00597. The number of hydrogen-bond donors (Lipinski definition) is 2.